The Hall–Kier alpha value is -1.39. The van der Waals surface area contributed by atoms with Crippen molar-refractivity contribution in [2.45, 2.75) is 44.1 Å². The second-order valence-corrected chi connectivity index (χ2v) is 6.83. The molecule has 0 aliphatic carbocycles. The molecule has 2 saturated heterocycles. The van der Waals surface area contributed by atoms with E-state index in [4.69, 9.17) is 0 Å². The van der Waals surface area contributed by atoms with Crippen LogP contribution >= 0.6 is 0 Å². The topological polar surface area (TPSA) is 43.8 Å². The van der Waals surface area contributed by atoms with Crippen LogP contribution < -0.4 is 0 Å². The number of hydrogen-bond donors (Lipinski definition) is 1. The summed E-state index contributed by atoms with van der Waals surface area (Å²) in [6.45, 7) is 3.38. The van der Waals surface area contributed by atoms with Crippen LogP contribution in [0.2, 0.25) is 0 Å². The van der Waals surface area contributed by atoms with E-state index in [9.17, 15) is 9.90 Å². The second kappa shape index (κ2) is 7.45. The quantitative estimate of drug-likeness (QED) is 0.874. The van der Waals surface area contributed by atoms with Crippen LogP contribution in [0.3, 0.4) is 0 Å². The number of β-amino-alcohol motifs (C(OH)–C–C–N with tert-alkyl or cyclic N) is 1. The number of likely N-dealkylation sites (tertiary alicyclic amines) is 2. The summed E-state index contributed by atoms with van der Waals surface area (Å²) in [5, 5.41) is 9.19. The van der Waals surface area contributed by atoms with Crippen molar-refractivity contribution in [3.8, 4) is 0 Å². The number of aliphatic hydroxyl groups excluding tert-OH is 1. The van der Waals surface area contributed by atoms with Crippen LogP contribution in [0.4, 0.5) is 0 Å². The van der Waals surface area contributed by atoms with Crippen LogP contribution in [0.5, 0.6) is 0 Å². The Bertz CT molecular complexity index is 517. The lowest BCUT2D eigenvalue weighted by atomic mass is 9.85. The minimum atomic E-state index is -0.274. The zero-order chi connectivity index (χ0) is 16.1. The highest BCUT2D eigenvalue weighted by atomic mass is 16.3. The predicted molar refractivity (Wildman–Crippen MR) is 91.2 cm³/mol. The molecule has 23 heavy (non-hydrogen) atoms. The zero-order valence-electron chi connectivity index (χ0n) is 13.9. The van der Waals surface area contributed by atoms with Crippen LogP contribution in [0, 0.1) is 0 Å². The van der Waals surface area contributed by atoms with Gasteiger partial charge in [0.25, 0.3) is 0 Å². The Morgan fingerprint density at radius 3 is 2.52 bits per heavy atom. The summed E-state index contributed by atoms with van der Waals surface area (Å²) in [5.74, 6) is 0.259. The van der Waals surface area contributed by atoms with Gasteiger partial charge in [0.15, 0.2) is 0 Å². The maximum absolute atomic E-state index is 13.0. The van der Waals surface area contributed by atoms with E-state index in [-0.39, 0.29) is 18.1 Å². The average molecular weight is 316 g/mol. The van der Waals surface area contributed by atoms with E-state index in [1.165, 1.54) is 5.56 Å². The van der Waals surface area contributed by atoms with E-state index in [0.29, 0.717) is 6.54 Å². The van der Waals surface area contributed by atoms with E-state index in [1.807, 2.05) is 4.90 Å². The van der Waals surface area contributed by atoms with E-state index >= 15 is 0 Å². The Kier molecular flexibility index (Phi) is 5.34. The summed E-state index contributed by atoms with van der Waals surface area (Å²) in [4.78, 5) is 17.3. The first kappa shape index (κ1) is 16.5. The molecule has 2 aliphatic rings. The number of hydrogen-bond acceptors (Lipinski definition) is 3. The molecule has 4 nitrogen and oxygen atoms in total. The molecule has 0 radical (unpaired) electrons. The Morgan fingerprint density at radius 1 is 1.04 bits per heavy atom. The zero-order valence-corrected chi connectivity index (χ0v) is 13.9. The van der Waals surface area contributed by atoms with Crippen LogP contribution in [-0.4, -0.2) is 59.1 Å². The summed E-state index contributed by atoms with van der Waals surface area (Å²) in [6, 6.07) is 10.6. The maximum atomic E-state index is 13.0. The molecule has 1 aromatic rings. The molecule has 4 heteroatoms. The Labute approximate surface area is 139 Å². The molecule has 3 rings (SSSR count). The number of benzene rings is 1. The number of aryl methyl sites for hydroxylation is 1. The van der Waals surface area contributed by atoms with Gasteiger partial charge in [0.1, 0.15) is 5.54 Å². The van der Waals surface area contributed by atoms with Crippen molar-refractivity contribution in [1.29, 1.82) is 0 Å². The van der Waals surface area contributed by atoms with Crippen LogP contribution in [0.25, 0.3) is 0 Å². The molecule has 1 amide bonds. The molecule has 126 valence electrons. The highest BCUT2D eigenvalue weighted by Gasteiger charge is 2.50. The number of carbonyl (C=O) groups is 1. The van der Waals surface area contributed by atoms with Gasteiger partial charge >= 0.3 is 0 Å². The number of aliphatic hydroxyl groups is 1. The Morgan fingerprint density at radius 2 is 1.78 bits per heavy atom. The summed E-state index contributed by atoms with van der Waals surface area (Å²) in [6.07, 6.45) is 6.31. The number of amides is 1. The molecule has 2 heterocycles. The van der Waals surface area contributed by atoms with Crippen LogP contribution in [0.1, 0.15) is 37.7 Å². The van der Waals surface area contributed by atoms with Gasteiger partial charge in [0.05, 0.1) is 6.61 Å². The largest absolute Gasteiger partial charge is 0.395 e. The van der Waals surface area contributed by atoms with Crippen LogP contribution in [0.15, 0.2) is 30.3 Å². The van der Waals surface area contributed by atoms with Gasteiger partial charge in [-0.15, -0.1) is 0 Å². The van der Waals surface area contributed by atoms with Crippen molar-refractivity contribution in [2.24, 2.45) is 0 Å². The van der Waals surface area contributed by atoms with E-state index in [1.54, 1.807) is 0 Å². The highest BCUT2D eigenvalue weighted by Crippen LogP contribution is 2.38. The summed E-state index contributed by atoms with van der Waals surface area (Å²) < 4.78 is 0. The van der Waals surface area contributed by atoms with Crippen LogP contribution in [-0.2, 0) is 11.2 Å². The van der Waals surface area contributed by atoms with E-state index < -0.39 is 0 Å². The van der Waals surface area contributed by atoms with Crippen molar-refractivity contribution in [3.63, 3.8) is 0 Å². The minimum Gasteiger partial charge on any atom is -0.395 e. The van der Waals surface area contributed by atoms with Gasteiger partial charge in [-0.3, -0.25) is 9.69 Å². The third-order valence-corrected chi connectivity index (χ3v) is 5.43. The summed E-state index contributed by atoms with van der Waals surface area (Å²) in [5.41, 5.74) is 1.10. The molecule has 0 saturated carbocycles. The van der Waals surface area contributed by atoms with Gasteiger partial charge in [-0.1, -0.05) is 30.3 Å². The molecule has 0 aromatic heterocycles. The number of nitrogens with zero attached hydrogens (tertiary/aromatic N) is 2. The summed E-state index contributed by atoms with van der Waals surface area (Å²) in [7, 11) is 0. The smallest absolute Gasteiger partial charge is 0.243 e. The number of rotatable bonds is 6. The van der Waals surface area contributed by atoms with Crippen molar-refractivity contribution in [3.05, 3.63) is 35.9 Å². The lowest BCUT2D eigenvalue weighted by Crippen LogP contribution is -2.60. The second-order valence-electron chi connectivity index (χ2n) is 6.83. The normalized spacial score (nSPS) is 25.4. The fourth-order valence-electron chi connectivity index (χ4n) is 4.30. The fourth-order valence-corrected chi connectivity index (χ4v) is 4.30. The molecule has 0 bridgehead atoms. The third-order valence-electron chi connectivity index (χ3n) is 5.43. The number of piperidine rings is 1. The van der Waals surface area contributed by atoms with Crippen molar-refractivity contribution < 1.29 is 9.90 Å². The molecule has 2 fully saturated rings. The van der Waals surface area contributed by atoms with E-state index in [0.717, 1.165) is 58.2 Å². The molecule has 1 unspecified atom stereocenters. The van der Waals surface area contributed by atoms with Gasteiger partial charge in [0, 0.05) is 13.1 Å². The lowest BCUT2D eigenvalue weighted by Gasteiger charge is -2.44. The molecular formula is C19H28N2O2. The summed E-state index contributed by atoms with van der Waals surface area (Å²) >= 11 is 0. The SMILES string of the molecule is O=C1N(CCO)CCCC12CCCN2CCCc1ccccc1. The first-order valence-corrected chi connectivity index (χ1v) is 8.95. The molecule has 1 atom stereocenters. The molecule has 1 aromatic carbocycles. The Balaban J connectivity index is 1.61. The standard InChI is InChI=1S/C19H28N2O2/c22-16-15-20-12-5-10-19(18(20)23)11-6-14-21(19)13-4-9-17-7-2-1-3-8-17/h1-3,7-8,22H,4-6,9-16H2. The van der Waals surface area contributed by atoms with Crippen molar-refractivity contribution >= 4 is 5.91 Å². The third kappa shape index (κ3) is 3.43. The maximum Gasteiger partial charge on any atom is 0.243 e. The predicted octanol–water partition coefficient (Wildman–Crippen LogP) is 2.07. The number of carbonyl (C=O) groups excluding carboxylic acids is 1. The fraction of sp³-hybridized carbons (Fsp3) is 0.632. The molecule has 1 N–H and O–H groups in total. The van der Waals surface area contributed by atoms with Gasteiger partial charge < -0.3 is 10.0 Å². The van der Waals surface area contributed by atoms with Gasteiger partial charge in [0.2, 0.25) is 5.91 Å². The monoisotopic (exact) mass is 316 g/mol. The van der Waals surface area contributed by atoms with Crippen molar-refractivity contribution in [2.75, 3.05) is 32.8 Å². The lowest BCUT2D eigenvalue weighted by molar-refractivity contribution is -0.148. The van der Waals surface area contributed by atoms with Crippen molar-refractivity contribution in [1.82, 2.24) is 9.80 Å². The first-order chi connectivity index (χ1) is 11.3. The van der Waals surface area contributed by atoms with Gasteiger partial charge in [-0.05, 0) is 57.2 Å². The molecule has 1 spiro atoms. The average Bonchev–Trinajstić information content (AvgIpc) is 2.97. The van der Waals surface area contributed by atoms with Gasteiger partial charge in [-0.2, -0.15) is 0 Å². The minimum absolute atomic E-state index is 0.0653. The first-order valence-electron chi connectivity index (χ1n) is 8.95. The van der Waals surface area contributed by atoms with E-state index in [2.05, 4.69) is 35.2 Å². The van der Waals surface area contributed by atoms with Gasteiger partial charge in [-0.25, -0.2) is 0 Å². The highest BCUT2D eigenvalue weighted by molar-refractivity contribution is 5.87. The molecular weight excluding hydrogens is 288 g/mol. The molecule has 2 aliphatic heterocycles.